The van der Waals surface area contributed by atoms with Crippen molar-refractivity contribution in [3.8, 4) is 11.1 Å². The third-order valence-electron chi connectivity index (χ3n) is 6.99. The molecule has 0 radical (unpaired) electrons. The van der Waals surface area contributed by atoms with Crippen LogP contribution in [-0.4, -0.2) is 14.8 Å². The van der Waals surface area contributed by atoms with E-state index in [4.69, 9.17) is 0 Å². The van der Waals surface area contributed by atoms with E-state index in [9.17, 15) is 9.59 Å². The number of rotatable bonds is 4. The van der Waals surface area contributed by atoms with Crippen molar-refractivity contribution >= 4 is 14.8 Å². The fourth-order valence-corrected chi connectivity index (χ4v) is 5.31. The number of carbonyl (C=O) groups is 2. The van der Waals surface area contributed by atoms with Gasteiger partial charge in [0.25, 0.3) is 0 Å². The minimum atomic E-state index is -0.178. The monoisotopic (exact) mass is 659 g/mol. The molecule has 0 saturated heterocycles. The van der Waals surface area contributed by atoms with Crippen molar-refractivity contribution in [3.63, 3.8) is 0 Å². The molecule has 4 aromatic carbocycles. The summed E-state index contributed by atoms with van der Waals surface area (Å²) in [6.45, 7) is 13.6. The predicted molar refractivity (Wildman–Crippen MR) is 157 cm³/mol. The minimum absolute atomic E-state index is 0. The first-order chi connectivity index (χ1) is 18.4. The molecule has 0 aliphatic heterocycles. The Bertz CT molecular complexity index is 1410. The molecule has 41 heavy (non-hydrogen) atoms. The molecule has 0 unspecified atom stereocenters. The Labute approximate surface area is 272 Å². The van der Waals surface area contributed by atoms with Gasteiger partial charge in [0.2, 0.25) is 0 Å². The van der Waals surface area contributed by atoms with E-state index < -0.39 is 0 Å². The number of fused-ring (bicyclic) bond motifs is 3. The second kappa shape index (κ2) is 14.1. The maximum absolute atomic E-state index is 12.1. The molecule has 0 fully saturated rings. The van der Waals surface area contributed by atoms with Gasteiger partial charge in [0, 0.05) is 0 Å². The van der Waals surface area contributed by atoms with Crippen LogP contribution in [0.3, 0.4) is 0 Å². The molecular weight excluding hydrogens is 627 g/mol. The standard InChI is InChI=1S/C21H25.C15H10O2.2ClH.Zr/c1-20(2,3)16-7-9-18-14(12-16)11-15-13-17(21(4,5)6)8-10-19(15)18;16-14(12-7-3-1-4-8-12)11-15(17)13-9-5-2-6-10-13;;;/h7-10,12H,11H2,1-6H3;1-10H;2*1H;/q-1;;;;+2/p-2. The average Bonchev–Trinajstić information content (AvgIpc) is 3.29. The van der Waals surface area contributed by atoms with Crippen molar-refractivity contribution in [1.29, 1.82) is 0 Å². The molecule has 0 heterocycles. The zero-order valence-corrected chi connectivity index (χ0v) is 28.4. The molecule has 0 aromatic heterocycles. The van der Waals surface area contributed by atoms with Crippen LogP contribution in [-0.2, 0) is 41.5 Å². The SMILES string of the molecule is CC(C)(C)c1[c-]c2c(cc1)-c1ccc(C(C)(C)C)cc1C2.O=C([C](=[Zr+2])C(=O)c1ccccc1)c1ccccc1.[Cl-].[Cl-]. The van der Waals surface area contributed by atoms with Gasteiger partial charge in [0.05, 0.1) is 0 Å². The van der Waals surface area contributed by atoms with Crippen molar-refractivity contribution in [3.05, 3.63) is 130 Å². The fourth-order valence-electron chi connectivity index (χ4n) is 4.60. The summed E-state index contributed by atoms with van der Waals surface area (Å²) in [5.41, 5.74) is 9.83. The summed E-state index contributed by atoms with van der Waals surface area (Å²) in [5.74, 6) is -0.356. The van der Waals surface area contributed by atoms with E-state index in [1.807, 2.05) is 12.1 Å². The van der Waals surface area contributed by atoms with E-state index in [2.05, 4.69) is 77.9 Å². The Morgan fingerprint density at radius 2 is 1.15 bits per heavy atom. The molecule has 0 bridgehead atoms. The number of ketones is 2. The molecule has 5 rings (SSSR count). The second-order valence-corrected chi connectivity index (χ2v) is 13.3. The molecule has 4 aromatic rings. The first-order valence-corrected chi connectivity index (χ1v) is 14.6. The van der Waals surface area contributed by atoms with Crippen molar-refractivity contribution < 1.29 is 58.6 Å². The van der Waals surface area contributed by atoms with Gasteiger partial charge in [-0.15, -0.1) is 11.1 Å². The molecule has 5 heteroatoms. The number of hydrogen-bond donors (Lipinski definition) is 0. The number of halogens is 2. The molecular formula is C36H35Cl2O2Zr-. The number of hydrogen-bond acceptors (Lipinski definition) is 2. The predicted octanol–water partition coefficient (Wildman–Crippen LogP) is 2.13. The van der Waals surface area contributed by atoms with Crippen molar-refractivity contribution in [1.82, 2.24) is 0 Å². The van der Waals surface area contributed by atoms with Crippen molar-refractivity contribution in [2.75, 3.05) is 0 Å². The third kappa shape index (κ3) is 8.32. The third-order valence-corrected chi connectivity index (χ3v) is 8.11. The molecule has 1 aliphatic carbocycles. The Hall–Kier alpha value is -2.45. The van der Waals surface area contributed by atoms with E-state index in [1.54, 1.807) is 48.5 Å². The summed E-state index contributed by atoms with van der Waals surface area (Å²) < 4.78 is 0.333. The molecule has 210 valence electrons. The van der Waals surface area contributed by atoms with E-state index in [0.29, 0.717) is 14.3 Å². The maximum Gasteiger partial charge on any atom is -1.00 e. The van der Waals surface area contributed by atoms with Crippen LogP contribution < -0.4 is 24.8 Å². The van der Waals surface area contributed by atoms with Crippen molar-refractivity contribution in [2.45, 2.75) is 58.8 Å². The van der Waals surface area contributed by atoms with Crippen LogP contribution >= 0.6 is 0 Å². The Kier molecular flexibility index (Phi) is 12.0. The van der Waals surface area contributed by atoms with E-state index in [-0.39, 0.29) is 47.2 Å². The van der Waals surface area contributed by atoms with E-state index >= 15 is 0 Å². The minimum Gasteiger partial charge on any atom is -1.00 e. The van der Waals surface area contributed by atoms with Gasteiger partial charge in [-0.25, -0.2) is 0 Å². The summed E-state index contributed by atoms with van der Waals surface area (Å²) in [6, 6.07) is 32.9. The van der Waals surface area contributed by atoms with Crippen LogP contribution in [0.5, 0.6) is 0 Å². The largest absolute Gasteiger partial charge is 1.00 e. The van der Waals surface area contributed by atoms with Gasteiger partial charge in [-0.2, -0.15) is 23.8 Å². The maximum atomic E-state index is 12.1. The smallest absolute Gasteiger partial charge is 1.00 e. The summed E-state index contributed by atoms with van der Waals surface area (Å²) in [6.07, 6.45) is 1.03. The second-order valence-electron chi connectivity index (χ2n) is 12.1. The summed E-state index contributed by atoms with van der Waals surface area (Å²) in [5, 5.41) is 0. The van der Waals surface area contributed by atoms with Gasteiger partial charge >= 0.3 is 120 Å². The Morgan fingerprint density at radius 3 is 1.61 bits per heavy atom. The normalized spacial score (nSPS) is 11.5. The molecule has 1 aliphatic rings. The van der Waals surface area contributed by atoms with Crippen LogP contribution in [0.4, 0.5) is 0 Å². The van der Waals surface area contributed by atoms with Gasteiger partial charge in [-0.3, -0.25) is 0 Å². The Balaban J connectivity index is 0.000000277. The molecule has 0 atom stereocenters. The van der Waals surface area contributed by atoms with Crippen LogP contribution in [0.25, 0.3) is 11.1 Å². The summed E-state index contributed by atoms with van der Waals surface area (Å²) >= 11 is 0.842. The van der Waals surface area contributed by atoms with Crippen LogP contribution in [0.1, 0.15) is 84.5 Å². The first kappa shape index (κ1) is 34.8. The van der Waals surface area contributed by atoms with Gasteiger partial charge in [-0.1, -0.05) is 65.3 Å². The number of benzene rings is 4. The molecule has 0 N–H and O–H groups in total. The van der Waals surface area contributed by atoms with Crippen LogP contribution in [0.15, 0.2) is 91.0 Å². The fraction of sp³-hybridized carbons (Fsp3) is 0.250. The molecule has 0 amide bonds. The number of Topliss-reactive ketones (excluding diaryl/α,β-unsaturated/α-hetero) is 2. The van der Waals surface area contributed by atoms with E-state index in [1.165, 1.54) is 33.4 Å². The topological polar surface area (TPSA) is 34.1 Å². The zero-order chi connectivity index (χ0) is 28.4. The Morgan fingerprint density at radius 1 is 0.659 bits per heavy atom. The summed E-state index contributed by atoms with van der Waals surface area (Å²) in [4.78, 5) is 24.2. The quantitative estimate of drug-likeness (QED) is 0.168. The van der Waals surface area contributed by atoms with Crippen LogP contribution in [0, 0.1) is 6.07 Å². The van der Waals surface area contributed by atoms with Gasteiger partial charge in [-0.05, 0) is 28.4 Å². The zero-order valence-electron chi connectivity index (χ0n) is 24.4. The summed E-state index contributed by atoms with van der Waals surface area (Å²) in [7, 11) is 0. The van der Waals surface area contributed by atoms with Gasteiger partial charge in [0.15, 0.2) is 0 Å². The first-order valence-electron chi connectivity index (χ1n) is 13.3. The van der Waals surface area contributed by atoms with Crippen LogP contribution in [0.2, 0.25) is 0 Å². The molecule has 2 nitrogen and oxygen atoms in total. The van der Waals surface area contributed by atoms with Crippen molar-refractivity contribution in [2.24, 2.45) is 0 Å². The number of carbonyl (C=O) groups excluding carboxylic acids is 2. The van der Waals surface area contributed by atoms with Gasteiger partial charge < -0.3 is 24.8 Å². The van der Waals surface area contributed by atoms with Gasteiger partial charge in [0.1, 0.15) is 0 Å². The molecule has 0 saturated carbocycles. The average molecular weight is 662 g/mol. The van der Waals surface area contributed by atoms with E-state index in [0.717, 1.165) is 30.7 Å². The molecule has 0 spiro atoms.